The van der Waals surface area contributed by atoms with Gasteiger partial charge in [0.2, 0.25) is 0 Å². The summed E-state index contributed by atoms with van der Waals surface area (Å²) in [5, 5.41) is 0. The van der Waals surface area contributed by atoms with Crippen molar-refractivity contribution in [2.45, 2.75) is 89.6 Å². The van der Waals surface area contributed by atoms with Gasteiger partial charge in [0.1, 0.15) is 18.3 Å². The Morgan fingerprint density at radius 2 is 1.17 bits per heavy atom. The van der Waals surface area contributed by atoms with Gasteiger partial charge in [0, 0.05) is 0 Å². The molecule has 5 atom stereocenters. The summed E-state index contributed by atoms with van der Waals surface area (Å²) in [5.74, 6) is 0. The Hall–Kier alpha value is 0.451. The number of rotatable bonds is 6. The predicted molar refractivity (Wildman–Crippen MR) is 99.3 cm³/mol. The number of fused-ring (bicyclic) bond motifs is 2. The Bertz CT molecular complexity index is 413. The fourth-order valence-electron chi connectivity index (χ4n) is 3.00. The molecule has 0 aromatic rings. The first kappa shape index (κ1) is 19.8. The minimum atomic E-state index is -1.73. The highest BCUT2D eigenvalue weighted by atomic mass is 28.4. The Labute approximate surface area is 144 Å². The van der Waals surface area contributed by atoms with Crippen molar-refractivity contribution >= 4 is 25.0 Å². The zero-order chi connectivity index (χ0) is 17.6. The molecule has 0 N–H and O–H groups in total. The van der Waals surface area contributed by atoms with Gasteiger partial charge in [-0.1, -0.05) is 0 Å². The van der Waals surface area contributed by atoms with Crippen LogP contribution in [0.25, 0.3) is 0 Å². The van der Waals surface area contributed by atoms with Gasteiger partial charge in [0.05, 0.1) is 12.7 Å². The van der Waals surface area contributed by atoms with Gasteiger partial charge in [-0.15, -0.1) is 0 Å². The largest absolute Gasteiger partial charge is 0.410 e. The second kappa shape index (κ2) is 6.64. The van der Waals surface area contributed by atoms with Gasteiger partial charge in [-0.25, -0.2) is 0 Å². The van der Waals surface area contributed by atoms with E-state index in [1.165, 1.54) is 0 Å². The summed E-state index contributed by atoms with van der Waals surface area (Å²) in [4.78, 5) is 0. The van der Waals surface area contributed by atoms with Crippen LogP contribution in [0.4, 0.5) is 0 Å². The molecule has 0 spiro atoms. The lowest BCUT2D eigenvalue weighted by atomic mass is 10.1. The van der Waals surface area contributed by atoms with Crippen molar-refractivity contribution in [2.24, 2.45) is 0 Å². The van der Waals surface area contributed by atoms with Crippen LogP contribution in [0.5, 0.6) is 0 Å². The lowest BCUT2D eigenvalue weighted by Gasteiger charge is -2.36. The predicted octanol–water partition coefficient (Wildman–Crippen LogP) is 3.40. The van der Waals surface area contributed by atoms with Gasteiger partial charge >= 0.3 is 0 Å². The van der Waals surface area contributed by atoms with E-state index >= 15 is 0 Å². The minimum absolute atomic E-state index is 0.0606. The van der Waals surface area contributed by atoms with Gasteiger partial charge in [0.15, 0.2) is 31.2 Å². The maximum atomic E-state index is 6.48. The molecule has 0 amide bonds. The number of hydrogen-bond acceptors (Lipinski definition) is 5. The summed E-state index contributed by atoms with van der Waals surface area (Å²) in [7, 11) is -5.13. The molecule has 0 aromatic heterocycles. The van der Waals surface area contributed by atoms with Crippen LogP contribution in [0, 0.1) is 0 Å². The molecular weight excluding hydrogens is 344 g/mol. The van der Waals surface area contributed by atoms with E-state index in [4.69, 9.17) is 22.8 Å². The zero-order valence-electron chi connectivity index (χ0n) is 16.1. The van der Waals surface area contributed by atoms with Crippen molar-refractivity contribution in [2.75, 3.05) is 6.61 Å². The molecule has 2 rings (SSSR count). The van der Waals surface area contributed by atoms with Crippen LogP contribution >= 0.6 is 0 Å². The highest BCUT2D eigenvalue weighted by molar-refractivity contribution is 6.70. The van der Waals surface area contributed by atoms with E-state index in [2.05, 4.69) is 58.9 Å². The van der Waals surface area contributed by atoms with Crippen molar-refractivity contribution in [3.8, 4) is 0 Å². The molecule has 2 fully saturated rings. The van der Waals surface area contributed by atoms with Gasteiger partial charge < -0.3 is 22.8 Å². The smallest absolute Gasteiger partial charge is 0.185 e. The molecule has 0 saturated carbocycles. The van der Waals surface area contributed by atoms with E-state index in [9.17, 15) is 0 Å². The highest BCUT2D eigenvalue weighted by Gasteiger charge is 2.56. The molecule has 2 aliphatic heterocycles. The van der Waals surface area contributed by atoms with Crippen LogP contribution in [0.2, 0.25) is 58.9 Å². The van der Waals surface area contributed by atoms with E-state index in [1.54, 1.807) is 0 Å². The van der Waals surface area contributed by atoms with Crippen LogP contribution < -0.4 is 0 Å². The second-order valence-corrected chi connectivity index (χ2v) is 22.8. The molecule has 2 heterocycles. The normalized spacial score (nSPS) is 35.6. The van der Waals surface area contributed by atoms with Crippen molar-refractivity contribution < 1.29 is 22.8 Å². The topological polar surface area (TPSA) is 46.2 Å². The Balaban J connectivity index is 2.21. The summed E-state index contributed by atoms with van der Waals surface area (Å²) in [6.07, 6.45) is -0.714. The Kier molecular flexibility index (Phi) is 5.71. The van der Waals surface area contributed by atoms with Crippen molar-refractivity contribution in [1.82, 2.24) is 0 Å². The zero-order valence-corrected chi connectivity index (χ0v) is 19.1. The highest BCUT2D eigenvalue weighted by Crippen LogP contribution is 2.38. The number of ether oxygens (including phenoxy) is 2. The van der Waals surface area contributed by atoms with Crippen LogP contribution in [0.3, 0.4) is 0 Å². The van der Waals surface area contributed by atoms with Gasteiger partial charge in [0.25, 0.3) is 0 Å². The summed E-state index contributed by atoms with van der Waals surface area (Å²) in [6, 6.07) is 0. The third-order valence-electron chi connectivity index (χ3n) is 3.48. The van der Waals surface area contributed by atoms with E-state index in [-0.39, 0.29) is 30.7 Å². The molecule has 2 saturated heterocycles. The van der Waals surface area contributed by atoms with E-state index < -0.39 is 25.0 Å². The Morgan fingerprint density at radius 1 is 0.696 bits per heavy atom. The molecular formula is C15H34O5Si3. The minimum Gasteiger partial charge on any atom is -0.410 e. The summed E-state index contributed by atoms with van der Waals surface area (Å²) in [6.45, 7) is 20.3. The summed E-state index contributed by atoms with van der Waals surface area (Å²) >= 11 is 0. The van der Waals surface area contributed by atoms with Crippen LogP contribution in [-0.4, -0.2) is 62.3 Å². The Morgan fingerprint density at radius 3 is 1.65 bits per heavy atom. The quantitative estimate of drug-likeness (QED) is 0.663. The molecule has 8 heteroatoms. The monoisotopic (exact) mass is 378 g/mol. The molecule has 2 bridgehead atoms. The van der Waals surface area contributed by atoms with Crippen molar-refractivity contribution in [1.29, 1.82) is 0 Å². The SMILES string of the molecule is C[Si](C)(C)O[C@H]1[C@H]2O[C@@H](OC[C@H]2O[Si](C)(C)C)[C@@H]1O[Si](C)(C)C. The fourth-order valence-corrected chi connectivity index (χ4v) is 6.25. The maximum Gasteiger partial charge on any atom is 0.185 e. The first-order valence-electron chi connectivity index (χ1n) is 8.56. The van der Waals surface area contributed by atoms with Gasteiger partial charge in [-0.2, -0.15) is 0 Å². The third kappa shape index (κ3) is 5.74. The molecule has 0 aromatic carbocycles. The molecule has 5 nitrogen and oxygen atoms in total. The van der Waals surface area contributed by atoms with Crippen molar-refractivity contribution in [3.63, 3.8) is 0 Å². The van der Waals surface area contributed by atoms with E-state index in [1.807, 2.05) is 0 Å². The standard InChI is InChI=1S/C15H34O5Si3/c1-21(2,3)18-11-10-16-15-14(20-23(7,8)9)13(12(11)17-15)19-22(4,5)6/h11-15H,10H2,1-9H3/t11-,12+,13+,14-,15-/m1/s1. The second-order valence-electron chi connectivity index (χ2n) is 9.46. The van der Waals surface area contributed by atoms with Crippen molar-refractivity contribution in [3.05, 3.63) is 0 Å². The molecule has 136 valence electrons. The number of hydrogen-bond donors (Lipinski definition) is 0. The van der Waals surface area contributed by atoms with E-state index in [0.29, 0.717) is 6.61 Å². The van der Waals surface area contributed by atoms with E-state index in [0.717, 1.165) is 0 Å². The van der Waals surface area contributed by atoms with Gasteiger partial charge in [-0.05, 0) is 58.9 Å². The summed E-state index contributed by atoms with van der Waals surface area (Å²) < 4.78 is 31.3. The fraction of sp³-hybridized carbons (Fsp3) is 1.00. The molecule has 0 unspecified atom stereocenters. The average molecular weight is 379 g/mol. The van der Waals surface area contributed by atoms with Crippen LogP contribution in [-0.2, 0) is 22.8 Å². The van der Waals surface area contributed by atoms with Gasteiger partial charge in [-0.3, -0.25) is 0 Å². The maximum absolute atomic E-state index is 6.48. The summed E-state index contributed by atoms with van der Waals surface area (Å²) in [5.41, 5.74) is 0. The molecule has 23 heavy (non-hydrogen) atoms. The third-order valence-corrected chi connectivity index (χ3v) is 6.45. The van der Waals surface area contributed by atoms with Crippen LogP contribution in [0.1, 0.15) is 0 Å². The molecule has 0 radical (unpaired) electrons. The van der Waals surface area contributed by atoms with Crippen LogP contribution in [0.15, 0.2) is 0 Å². The molecule has 2 aliphatic rings. The lowest BCUT2D eigenvalue weighted by molar-refractivity contribution is -0.228. The lowest BCUT2D eigenvalue weighted by Crippen LogP contribution is -2.51. The molecule has 0 aliphatic carbocycles. The average Bonchev–Trinajstić information content (AvgIpc) is 2.53. The first-order chi connectivity index (χ1) is 10.3. The first-order valence-corrected chi connectivity index (χ1v) is 18.8.